The van der Waals surface area contributed by atoms with E-state index in [0.29, 0.717) is 11.6 Å². The molecule has 0 bridgehead atoms. The maximum absolute atomic E-state index is 12.2. The van der Waals surface area contributed by atoms with Crippen molar-refractivity contribution in [3.63, 3.8) is 0 Å². The first-order valence-corrected chi connectivity index (χ1v) is 9.31. The molecule has 1 aromatic carbocycles. The number of rotatable bonds is 3. The summed E-state index contributed by atoms with van der Waals surface area (Å²) in [6.45, 7) is 5.36. The van der Waals surface area contributed by atoms with Crippen LogP contribution in [0.4, 0.5) is 0 Å². The lowest BCUT2D eigenvalue weighted by molar-refractivity contribution is 0.0389. The Balaban J connectivity index is 1.42. The lowest BCUT2D eigenvalue weighted by Gasteiger charge is -2.26. The number of nitrogens with one attached hydrogen (secondary N) is 2. The Morgan fingerprint density at radius 2 is 2.08 bits per heavy atom. The molecule has 3 heterocycles. The van der Waals surface area contributed by atoms with Crippen molar-refractivity contribution in [3.8, 4) is 0 Å². The van der Waals surface area contributed by atoms with Gasteiger partial charge in [0.2, 0.25) is 0 Å². The summed E-state index contributed by atoms with van der Waals surface area (Å²) in [5, 5.41) is 12.6. The molecule has 9 heteroatoms. The molecule has 1 aromatic heterocycles. The van der Waals surface area contributed by atoms with Crippen molar-refractivity contribution >= 4 is 33.8 Å². The summed E-state index contributed by atoms with van der Waals surface area (Å²) in [7, 11) is 0. The summed E-state index contributed by atoms with van der Waals surface area (Å²) < 4.78 is 6.94. The van der Waals surface area contributed by atoms with Crippen molar-refractivity contribution in [3.05, 3.63) is 34.7 Å². The summed E-state index contributed by atoms with van der Waals surface area (Å²) in [6.07, 6.45) is 0. The second-order valence-electron chi connectivity index (χ2n) is 5.87. The van der Waals surface area contributed by atoms with Crippen LogP contribution < -0.4 is 11.0 Å². The maximum Gasteiger partial charge on any atom is 0.332 e. The molecule has 0 amide bonds. The van der Waals surface area contributed by atoms with Crippen molar-refractivity contribution in [1.82, 2.24) is 19.8 Å². The molecule has 2 aliphatic heterocycles. The minimum atomic E-state index is -0.181. The van der Waals surface area contributed by atoms with E-state index in [2.05, 4.69) is 25.4 Å². The molecule has 8 nitrogen and oxygen atoms in total. The average Bonchev–Trinajstić information content (AvgIpc) is 2.99. The third kappa shape index (κ3) is 3.63. The topological polar surface area (TPSA) is 87.0 Å². The number of hydrogen-bond acceptors (Lipinski definition) is 7. The third-order valence-electron chi connectivity index (χ3n) is 4.25. The van der Waals surface area contributed by atoms with Crippen LogP contribution in [0.2, 0.25) is 0 Å². The van der Waals surface area contributed by atoms with Gasteiger partial charge in [0.1, 0.15) is 0 Å². The number of H-pyrrole nitrogens is 1. The maximum atomic E-state index is 12.2. The summed E-state index contributed by atoms with van der Waals surface area (Å²) >= 11 is 1.56. The standard InChI is InChI=1S/C16H20N6O2S/c23-16-18-12-3-1-2-4-13(12)22(16)14-11-25-15(20-19-14)17-5-6-21-7-9-24-10-8-21/h1-4H,5-11H2,(H,17,20)(H,18,23). The van der Waals surface area contributed by atoms with E-state index in [9.17, 15) is 4.79 Å². The molecule has 0 atom stereocenters. The van der Waals surface area contributed by atoms with Crippen molar-refractivity contribution in [2.75, 3.05) is 45.1 Å². The fourth-order valence-corrected chi connectivity index (χ4v) is 3.70. The number of aromatic nitrogens is 2. The number of benzene rings is 1. The molecule has 1 saturated heterocycles. The van der Waals surface area contributed by atoms with Gasteiger partial charge in [-0.2, -0.15) is 0 Å². The van der Waals surface area contributed by atoms with Crippen LogP contribution in [-0.4, -0.2) is 70.6 Å². The van der Waals surface area contributed by atoms with Gasteiger partial charge < -0.3 is 15.0 Å². The highest BCUT2D eigenvalue weighted by atomic mass is 32.2. The second-order valence-corrected chi connectivity index (χ2v) is 6.84. The van der Waals surface area contributed by atoms with Crippen LogP contribution in [0.1, 0.15) is 0 Å². The molecule has 0 radical (unpaired) electrons. The Morgan fingerprint density at radius 1 is 1.24 bits per heavy atom. The van der Waals surface area contributed by atoms with E-state index in [4.69, 9.17) is 4.74 Å². The smallest absolute Gasteiger partial charge is 0.332 e. The Hall–Kier alpha value is -2.10. The van der Waals surface area contributed by atoms with Gasteiger partial charge in [0.25, 0.3) is 0 Å². The molecule has 25 heavy (non-hydrogen) atoms. The van der Waals surface area contributed by atoms with E-state index in [0.717, 1.165) is 55.6 Å². The molecular formula is C16H20N6O2S. The van der Waals surface area contributed by atoms with Crippen molar-refractivity contribution < 1.29 is 4.74 Å². The zero-order valence-corrected chi connectivity index (χ0v) is 14.6. The molecule has 0 spiro atoms. The van der Waals surface area contributed by atoms with Gasteiger partial charge in [0.15, 0.2) is 11.0 Å². The van der Waals surface area contributed by atoms with Crippen LogP contribution in [0.3, 0.4) is 0 Å². The van der Waals surface area contributed by atoms with Crippen LogP contribution >= 0.6 is 11.8 Å². The van der Waals surface area contributed by atoms with Crippen LogP contribution in [0.5, 0.6) is 0 Å². The molecule has 2 aliphatic rings. The molecule has 132 valence electrons. The first-order valence-electron chi connectivity index (χ1n) is 8.33. The molecule has 0 unspecified atom stereocenters. The summed E-state index contributed by atoms with van der Waals surface area (Å²) in [4.78, 5) is 17.4. The Kier molecular flexibility index (Phi) is 4.86. The first kappa shape index (κ1) is 16.4. The fourth-order valence-electron chi connectivity index (χ4n) is 2.95. The number of aromatic amines is 1. The van der Waals surface area contributed by atoms with Crippen molar-refractivity contribution in [1.29, 1.82) is 0 Å². The molecular weight excluding hydrogens is 340 g/mol. The van der Waals surface area contributed by atoms with Gasteiger partial charge in [-0.25, -0.2) is 9.36 Å². The molecule has 0 aliphatic carbocycles. The van der Waals surface area contributed by atoms with Gasteiger partial charge in [-0.1, -0.05) is 23.9 Å². The first-order chi connectivity index (χ1) is 12.3. The van der Waals surface area contributed by atoms with E-state index >= 15 is 0 Å². The van der Waals surface area contributed by atoms with Gasteiger partial charge in [-0.05, 0) is 12.1 Å². The number of ether oxygens (including phenoxy) is 1. The van der Waals surface area contributed by atoms with Gasteiger partial charge in [-0.15, -0.1) is 10.2 Å². The SMILES string of the molecule is O=c1[nH]c2ccccc2n1C1=NN=C(NCCN2CCOCC2)SC1. The highest BCUT2D eigenvalue weighted by Crippen LogP contribution is 2.14. The Labute approximate surface area is 148 Å². The number of nitrogens with zero attached hydrogens (tertiary/aromatic N) is 4. The Morgan fingerprint density at radius 3 is 2.88 bits per heavy atom. The minimum Gasteiger partial charge on any atom is -0.379 e. The van der Waals surface area contributed by atoms with Gasteiger partial charge in [0.05, 0.1) is 30.0 Å². The predicted molar refractivity (Wildman–Crippen MR) is 101 cm³/mol. The fraction of sp³-hybridized carbons (Fsp3) is 0.438. The van der Waals surface area contributed by atoms with E-state index in [1.54, 1.807) is 16.3 Å². The number of morpholine rings is 1. The van der Waals surface area contributed by atoms with Gasteiger partial charge in [0, 0.05) is 26.2 Å². The van der Waals surface area contributed by atoms with E-state index in [-0.39, 0.29) is 5.69 Å². The summed E-state index contributed by atoms with van der Waals surface area (Å²) in [6, 6.07) is 7.59. The van der Waals surface area contributed by atoms with E-state index < -0.39 is 0 Å². The zero-order valence-electron chi connectivity index (χ0n) is 13.8. The van der Waals surface area contributed by atoms with Crippen LogP contribution in [0, 0.1) is 0 Å². The molecule has 1 fully saturated rings. The highest BCUT2D eigenvalue weighted by Gasteiger charge is 2.17. The molecule has 0 saturated carbocycles. The number of fused-ring (bicyclic) bond motifs is 1. The quantitative estimate of drug-likeness (QED) is 0.833. The molecule has 2 N–H and O–H groups in total. The normalized spacial score (nSPS) is 18.9. The lowest BCUT2D eigenvalue weighted by atomic mass is 10.3. The zero-order chi connectivity index (χ0) is 17.1. The number of amidine groups is 1. The molecule has 4 rings (SSSR count). The van der Waals surface area contributed by atoms with Crippen LogP contribution in [-0.2, 0) is 4.74 Å². The molecule has 2 aromatic rings. The number of para-hydroxylation sites is 2. The van der Waals surface area contributed by atoms with Crippen molar-refractivity contribution in [2.24, 2.45) is 10.2 Å². The van der Waals surface area contributed by atoms with Gasteiger partial charge >= 0.3 is 5.69 Å². The number of thioether (sulfide) groups is 1. The lowest BCUT2D eigenvalue weighted by Crippen LogP contribution is -2.41. The average molecular weight is 360 g/mol. The van der Waals surface area contributed by atoms with Crippen LogP contribution in [0.25, 0.3) is 11.0 Å². The van der Waals surface area contributed by atoms with Gasteiger partial charge in [-0.3, -0.25) is 4.90 Å². The number of imidazole rings is 1. The Bertz CT molecular complexity index is 865. The monoisotopic (exact) mass is 360 g/mol. The van der Waals surface area contributed by atoms with E-state index in [1.807, 2.05) is 24.3 Å². The summed E-state index contributed by atoms with van der Waals surface area (Å²) in [5.41, 5.74) is 1.45. The second kappa shape index (κ2) is 7.42. The largest absolute Gasteiger partial charge is 0.379 e. The van der Waals surface area contributed by atoms with Crippen LogP contribution in [0.15, 0.2) is 39.3 Å². The minimum absolute atomic E-state index is 0.181. The van der Waals surface area contributed by atoms with Crippen molar-refractivity contribution in [2.45, 2.75) is 0 Å². The van der Waals surface area contributed by atoms with E-state index in [1.165, 1.54) is 0 Å². The number of hydrogen-bond donors (Lipinski definition) is 2. The highest BCUT2D eigenvalue weighted by molar-refractivity contribution is 8.14. The summed E-state index contributed by atoms with van der Waals surface area (Å²) in [5.74, 6) is 1.25. The third-order valence-corrected chi connectivity index (χ3v) is 5.15. The predicted octanol–water partition coefficient (Wildman–Crippen LogP) is 0.516.